The zero-order valence-corrected chi connectivity index (χ0v) is 11.6. The number of sulfonamides is 1. The molecule has 0 aromatic heterocycles. The molecule has 102 valence electrons. The minimum atomic E-state index is -3.66. The third-order valence-corrected chi connectivity index (χ3v) is 4.66. The zero-order chi connectivity index (χ0) is 14.8. The molecule has 0 atom stereocenters. The molecule has 20 heavy (non-hydrogen) atoms. The highest BCUT2D eigenvalue weighted by molar-refractivity contribution is 7.92. The Hall–Kier alpha value is -2.52. The number of rotatable bonds is 3. The number of nitrogens with zero attached hydrogens (tertiary/aromatic N) is 2. The Bertz CT molecular complexity index is 762. The van der Waals surface area contributed by atoms with E-state index in [9.17, 15) is 8.42 Å². The Balaban J connectivity index is 2.40. The van der Waals surface area contributed by atoms with E-state index in [-0.39, 0.29) is 4.90 Å². The minimum absolute atomic E-state index is 0.129. The van der Waals surface area contributed by atoms with Crippen LogP contribution in [0, 0.1) is 11.3 Å². The first-order valence-electron chi connectivity index (χ1n) is 5.80. The topological polar surface area (TPSA) is 87.2 Å². The van der Waals surface area contributed by atoms with E-state index in [0.717, 1.165) is 4.31 Å². The monoisotopic (exact) mass is 287 g/mol. The van der Waals surface area contributed by atoms with Gasteiger partial charge in [0.2, 0.25) is 0 Å². The summed E-state index contributed by atoms with van der Waals surface area (Å²) < 4.78 is 26.0. The number of nitrogens with two attached hydrogens (primary N) is 1. The first-order valence-corrected chi connectivity index (χ1v) is 7.24. The van der Waals surface area contributed by atoms with Gasteiger partial charge in [-0.2, -0.15) is 5.26 Å². The van der Waals surface area contributed by atoms with Gasteiger partial charge in [-0.3, -0.25) is 4.31 Å². The van der Waals surface area contributed by atoms with Crippen molar-refractivity contribution in [3.8, 4) is 6.07 Å². The lowest BCUT2D eigenvalue weighted by Gasteiger charge is -2.19. The Labute approximate surface area is 117 Å². The summed E-state index contributed by atoms with van der Waals surface area (Å²) >= 11 is 0. The molecule has 0 aliphatic rings. The highest BCUT2D eigenvalue weighted by Gasteiger charge is 2.21. The normalized spacial score (nSPS) is 10.8. The molecule has 2 aromatic carbocycles. The third kappa shape index (κ3) is 2.58. The van der Waals surface area contributed by atoms with E-state index in [0.29, 0.717) is 16.9 Å². The molecular weight excluding hydrogens is 274 g/mol. The van der Waals surface area contributed by atoms with Gasteiger partial charge in [-0.15, -0.1) is 0 Å². The van der Waals surface area contributed by atoms with Gasteiger partial charge < -0.3 is 5.73 Å². The molecule has 0 saturated heterocycles. The van der Waals surface area contributed by atoms with Gasteiger partial charge in [0, 0.05) is 12.7 Å². The molecule has 6 heteroatoms. The molecule has 0 aliphatic carbocycles. The number of nitrogen functional groups attached to an aromatic ring is 1. The molecule has 5 nitrogen and oxygen atoms in total. The molecule has 2 rings (SSSR count). The van der Waals surface area contributed by atoms with Gasteiger partial charge in [0.1, 0.15) is 0 Å². The van der Waals surface area contributed by atoms with E-state index in [1.165, 1.54) is 19.2 Å². The first kappa shape index (κ1) is 13.9. The van der Waals surface area contributed by atoms with Gasteiger partial charge in [-0.25, -0.2) is 8.42 Å². The van der Waals surface area contributed by atoms with E-state index in [1.54, 1.807) is 36.4 Å². The molecule has 0 aliphatic heterocycles. The molecule has 0 fully saturated rings. The lowest BCUT2D eigenvalue weighted by atomic mass is 10.2. The van der Waals surface area contributed by atoms with Crippen LogP contribution in [0.5, 0.6) is 0 Å². The standard InChI is InChI=1S/C14H13N3O2S/c1-17(13-7-5-11(10-15)6-8-13)20(18,19)14-4-2-3-12(16)9-14/h2-9H,16H2,1H3. The highest BCUT2D eigenvalue weighted by Crippen LogP contribution is 2.23. The summed E-state index contributed by atoms with van der Waals surface area (Å²) in [6, 6.07) is 14.4. The summed E-state index contributed by atoms with van der Waals surface area (Å²) in [7, 11) is -2.21. The van der Waals surface area contributed by atoms with Crippen LogP contribution in [0.25, 0.3) is 0 Å². The third-order valence-electron chi connectivity index (χ3n) is 2.88. The average molecular weight is 287 g/mol. The summed E-state index contributed by atoms with van der Waals surface area (Å²) in [5, 5.41) is 8.74. The molecule has 0 amide bonds. The van der Waals surface area contributed by atoms with Crippen molar-refractivity contribution in [2.75, 3.05) is 17.1 Å². The SMILES string of the molecule is CN(c1ccc(C#N)cc1)S(=O)(=O)c1cccc(N)c1. The summed E-state index contributed by atoms with van der Waals surface area (Å²) in [5.74, 6) is 0. The number of hydrogen-bond donors (Lipinski definition) is 1. The number of anilines is 2. The zero-order valence-electron chi connectivity index (χ0n) is 10.8. The van der Waals surface area contributed by atoms with Crippen molar-refractivity contribution in [2.24, 2.45) is 0 Å². The van der Waals surface area contributed by atoms with Crippen LogP contribution in [0.1, 0.15) is 5.56 Å². The van der Waals surface area contributed by atoms with E-state index < -0.39 is 10.0 Å². The second kappa shape index (κ2) is 5.23. The lowest BCUT2D eigenvalue weighted by molar-refractivity contribution is 0.594. The van der Waals surface area contributed by atoms with Gasteiger partial charge in [0.05, 0.1) is 22.2 Å². The van der Waals surface area contributed by atoms with Crippen LogP contribution in [0.15, 0.2) is 53.4 Å². The Morgan fingerprint density at radius 2 is 1.80 bits per heavy atom. The molecule has 0 spiro atoms. The highest BCUT2D eigenvalue weighted by atomic mass is 32.2. The quantitative estimate of drug-likeness (QED) is 0.874. The number of hydrogen-bond acceptors (Lipinski definition) is 4. The fourth-order valence-electron chi connectivity index (χ4n) is 1.72. The van der Waals surface area contributed by atoms with Crippen molar-refractivity contribution >= 4 is 21.4 Å². The summed E-state index contributed by atoms with van der Waals surface area (Å²) in [6.07, 6.45) is 0. The maximum Gasteiger partial charge on any atom is 0.264 e. The fraction of sp³-hybridized carbons (Fsp3) is 0.0714. The maximum absolute atomic E-state index is 12.4. The second-order valence-corrected chi connectivity index (χ2v) is 6.17. The van der Waals surface area contributed by atoms with Gasteiger partial charge in [-0.05, 0) is 42.5 Å². The van der Waals surface area contributed by atoms with Crippen molar-refractivity contribution in [3.05, 3.63) is 54.1 Å². The van der Waals surface area contributed by atoms with Crippen molar-refractivity contribution in [2.45, 2.75) is 4.90 Å². The molecule has 0 radical (unpaired) electrons. The van der Waals surface area contributed by atoms with Crippen LogP contribution in [0.4, 0.5) is 11.4 Å². The Morgan fingerprint density at radius 3 is 2.35 bits per heavy atom. The molecule has 0 bridgehead atoms. The molecule has 2 N–H and O–H groups in total. The largest absolute Gasteiger partial charge is 0.399 e. The Morgan fingerprint density at radius 1 is 1.15 bits per heavy atom. The van der Waals surface area contributed by atoms with Crippen molar-refractivity contribution < 1.29 is 8.42 Å². The smallest absolute Gasteiger partial charge is 0.264 e. The molecule has 2 aromatic rings. The Kier molecular flexibility index (Phi) is 3.63. The van der Waals surface area contributed by atoms with E-state index in [4.69, 9.17) is 11.0 Å². The predicted octanol–water partition coefficient (Wildman–Crippen LogP) is 1.97. The summed E-state index contributed by atoms with van der Waals surface area (Å²) in [5.41, 5.74) is 6.95. The van der Waals surface area contributed by atoms with Gasteiger partial charge in [0.15, 0.2) is 0 Å². The van der Waals surface area contributed by atoms with Crippen LogP contribution in [0.2, 0.25) is 0 Å². The van der Waals surface area contributed by atoms with Gasteiger partial charge >= 0.3 is 0 Å². The second-order valence-electron chi connectivity index (χ2n) is 4.20. The van der Waals surface area contributed by atoms with E-state index in [1.807, 2.05) is 6.07 Å². The number of nitriles is 1. The summed E-state index contributed by atoms with van der Waals surface area (Å²) in [6.45, 7) is 0. The molecule has 0 saturated carbocycles. The van der Waals surface area contributed by atoms with Crippen LogP contribution < -0.4 is 10.0 Å². The van der Waals surface area contributed by atoms with Crippen molar-refractivity contribution in [1.82, 2.24) is 0 Å². The van der Waals surface area contributed by atoms with Crippen LogP contribution >= 0.6 is 0 Å². The lowest BCUT2D eigenvalue weighted by Crippen LogP contribution is -2.26. The van der Waals surface area contributed by atoms with Crippen LogP contribution in [-0.2, 0) is 10.0 Å². The van der Waals surface area contributed by atoms with Gasteiger partial charge in [-0.1, -0.05) is 6.07 Å². The molecule has 0 heterocycles. The average Bonchev–Trinajstić information content (AvgIpc) is 2.46. The van der Waals surface area contributed by atoms with Gasteiger partial charge in [0.25, 0.3) is 10.0 Å². The van der Waals surface area contributed by atoms with Crippen LogP contribution in [0.3, 0.4) is 0 Å². The first-order chi connectivity index (χ1) is 9.45. The maximum atomic E-state index is 12.4. The van der Waals surface area contributed by atoms with E-state index >= 15 is 0 Å². The number of benzene rings is 2. The minimum Gasteiger partial charge on any atom is -0.399 e. The van der Waals surface area contributed by atoms with Crippen molar-refractivity contribution in [1.29, 1.82) is 5.26 Å². The molecule has 0 unspecified atom stereocenters. The predicted molar refractivity (Wildman–Crippen MR) is 77.6 cm³/mol. The van der Waals surface area contributed by atoms with Crippen LogP contribution in [-0.4, -0.2) is 15.5 Å². The molecular formula is C14H13N3O2S. The van der Waals surface area contributed by atoms with E-state index in [2.05, 4.69) is 0 Å². The fourth-order valence-corrected chi connectivity index (χ4v) is 2.97. The summed E-state index contributed by atoms with van der Waals surface area (Å²) in [4.78, 5) is 0.129. The van der Waals surface area contributed by atoms with Crippen molar-refractivity contribution in [3.63, 3.8) is 0 Å².